The van der Waals surface area contributed by atoms with E-state index in [9.17, 15) is 9.18 Å². The van der Waals surface area contributed by atoms with E-state index in [4.69, 9.17) is 0 Å². The lowest BCUT2D eigenvalue weighted by molar-refractivity contribution is -0.132. The molecular formula is C21H24FNO. The molecule has 0 bridgehead atoms. The predicted octanol–water partition coefficient (Wildman–Crippen LogP) is 4.65. The van der Waals surface area contributed by atoms with Crippen LogP contribution in [0, 0.1) is 12.7 Å². The van der Waals surface area contributed by atoms with Crippen LogP contribution in [0.5, 0.6) is 0 Å². The molecule has 3 rings (SSSR count). The van der Waals surface area contributed by atoms with Crippen molar-refractivity contribution in [1.29, 1.82) is 0 Å². The van der Waals surface area contributed by atoms with Crippen LogP contribution in [-0.4, -0.2) is 16.8 Å². The Morgan fingerprint density at radius 2 is 1.83 bits per heavy atom. The van der Waals surface area contributed by atoms with Gasteiger partial charge < -0.3 is 4.90 Å². The number of aryl methyl sites for hydroxylation is 2. The normalized spacial score (nSPS) is 13.8. The molecule has 0 N–H and O–H groups in total. The molecule has 3 heteroatoms. The van der Waals surface area contributed by atoms with Crippen molar-refractivity contribution in [3.05, 3.63) is 71.0 Å². The Morgan fingerprint density at radius 3 is 2.50 bits per heavy atom. The maximum absolute atomic E-state index is 13.9. The second-order valence-electron chi connectivity index (χ2n) is 6.68. The van der Waals surface area contributed by atoms with Crippen LogP contribution in [0.3, 0.4) is 0 Å². The zero-order valence-electron chi connectivity index (χ0n) is 14.2. The number of carbonyl (C=O) groups excluding carboxylic acids is 1. The molecule has 0 unspecified atom stereocenters. The smallest absolute Gasteiger partial charge is 0.223 e. The third kappa shape index (κ3) is 4.44. The Kier molecular flexibility index (Phi) is 5.29. The highest BCUT2D eigenvalue weighted by molar-refractivity contribution is 5.76. The maximum atomic E-state index is 13.9. The first-order valence-electron chi connectivity index (χ1n) is 8.72. The van der Waals surface area contributed by atoms with E-state index < -0.39 is 0 Å². The first-order valence-corrected chi connectivity index (χ1v) is 8.72. The summed E-state index contributed by atoms with van der Waals surface area (Å²) in [5, 5.41) is 0. The fraction of sp³-hybridized carbons (Fsp3) is 0.381. The topological polar surface area (TPSA) is 20.3 Å². The van der Waals surface area contributed by atoms with Gasteiger partial charge in [-0.15, -0.1) is 0 Å². The highest BCUT2D eigenvalue weighted by Gasteiger charge is 2.32. The lowest BCUT2D eigenvalue weighted by Gasteiger charge is -2.23. The molecule has 0 radical (unpaired) electrons. The van der Waals surface area contributed by atoms with E-state index in [0.29, 0.717) is 24.6 Å². The van der Waals surface area contributed by atoms with Gasteiger partial charge in [-0.1, -0.05) is 48.0 Å². The first-order chi connectivity index (χ1) is 11.6. The van der Waals surface area contributed by atoms with E-state index in [1.165, 1.54) is 17.2 Å². The minimum Gasteiger partial charge on any atom is -0.335 e. The van der Waals surface area contributed by atoms with E-state index in [-0.39, 0.29) is 11.7 Å². The molecule has 1 fully saturated rings. The number of hydrogen-bond acceptors (Lipinski definition) is 1. The summed E-state index contributed by atoms with van der Waals surface area (Å²) in [6.07, 6.45) is 4.35. The fourth-order valence-corrected chi connectivity index (χ4v) is 2.96. The average Bonchev–Trinajstić information content (AvgIpc) is 3.40. The number of nitrogens with zero attached hydrogens (tertiary/aromatic N) is 1. The molecule has 0 aliphatic heterocycles. The van der Waals surface area contributed by atoms with Crippen molar-refractivity contribution in [2.24, 2.45) is 0 Å². The Bertz CT molecular complexity index is 691. The summed E-state index contributed by atoms with van der Waals surface area (Å²) in [6, 6.07) is 15.5. The Hall–Kier alpha value is -2.16. The highest BCUT2D eigenvalue weighted by atomic mass is 19.1. The summed E-state index contributed by atoms with van der Waals surface area (Å²) >= 11 is 0. The lowest BCUT2D eigenvalue weighted by atomic mass is 10.1. The number of hydrogen-bond donors (Lipinski definition) is 0. The molecular weight excluding hydrogens is 301 g/mol. The van der Waals surface area contributed by atoms with Gasteiger partial charge in [-0.05, 0) is 44.2 Å². The van der Waals surface area contributed by atoms with Gasteiger partial charge in [0.15, 0.2) is 0 Å². The highest BCUT2D eigenvalue weighted by Crippen LogP contribution is 2.29. The van der Waals surface area contributed by atoms with Crippen molar-refractivity contribution in [3.63, 3.8) is 0 Å². The van der Waals surface area contributed by atoms with E-state index in [2.05, 4.69) is 31.2 Å². The van der Waals surface area contributed by atoms with Crippen LogP contribution < -0.4 is 0 Å². The second-order valence-corrected chi connectivity index (χ2v) is 6.68. The summed E-state index contributed by atoms with van der Waals surface area (Å²) in [5.74, 6) is -0.0801. The molecule has 2 aromatic rings. The number of halogens is 1. The van der Waals surface area contributed by atoms with Gasteiger partial charge >= 0.3 is 0 Å². The number of carbonyl (C=O) groups is 1. The van der Waals surface area contributed by atoms with Crippen LogP contribution in [0.25, 0.3) is 0 Å². The monoisotopic (exact) mass is 325 g/mol. The third-order valence-corrected chi connectivity index (χ3v) is 4.58. The van der Waals surface area contributed by atoms with E-state index >= 15 is 0 Å². The molecule has 2 aromatic carbocycles. The molecule has 2 nitrogen and oxygen atoms in total. The molecule has 1 amide bonds. The van der Waals surface area contributed by atoms with Gasteiger partial charge in [-0.3, -0.25) is 4.79 Å². The van der Waals surface area contributed by atoms with Crippen molar-refractivity contribution in [1.82, 2.24) is 4.90 Å². The molecule has 0 heterocycles. The first kappa shape index (κ1) is 16.7. The summed E-state index contributed by atoms with van der Waals surface area (Å²) in [7, 11) is 0. The van der Waals surface area contributed by atoms with Crippen molar-refractivity contribution < 1.29 is 9.18 Å². The van der Waals surface area contributed by atoms with Gasteiger partial charge in [-0.25, -0.2) is 4.39 Å². The summed E-state index contributed by atoms with van der Waals surface area (Å²) < 4.78 is 13.9. The predicted molar refractivity (Wildman–Crippen MR) is 94.1 cm³/mol. The van der Waals surface area contributed by atoms with Crippen molar-refractivity contribution in [2.45, 2.75) is 51.6 Å². The van der Waals surface area contributed by atoms with E-state index in [1.54, 1.807) is 12.1 Å². The number of amides is 1. The largest absolute Gasteiger partial charge is 0.335 e. The molecule has 0 aromatic heterocycles. The zero-order valence-corrected chi connectivity index (χ0v) is 14.2. The Morgan fingerprint density at radius 1 is 1.12 bits per heavy atom. The summed E-state index contributed by atoms with van der Waals surface area (Å²) in [4.78, 5) is 14.5. The van der Waals surface area contributed by atoms with Crippen LogP contribution in [0.1, 0.15) is 42.4 Å². The van der Waals surface area contributed by atoms with Gasteiger partial charge in [0.25, 0.3) is 0 Å². The Labute approximate surface area is 143 Å². The van der Waals surface area contributed by atoms with Crippen molar-refractivity contribution >= 4 is 5.91 Å². The maximum Gasteiger partial charge on any atom is 0.223 e. The number of benzene rings is 2. The quantitative estimate of drug-likeness (QED) is 0.726. The van der Waals surface area contributed by atoms with Crippen LogP contribution in [0.2, 0.25) is 0 Å². The minimum absolute atomic E-state index is 0.146. The van der Waals surface area contributed by atoms with Crippen molar-refractivity contribution in [2.75, 3.05) is 0 Å². The SMILES string of the molecule is Cc1ccc(CCCC(=O)N(Cc2ccccc2F)C2CC2)cc1. The minimum atomic E-state index is -0.226. The van der Waals surface area contributed by atoms with Crippen LogP contribution >= 0.6 is 0 Å². The zero-order chi connectivity index (χ0) is 16.9. The standard InChI is InChI=1S/C21H24FNO/c1-16-9-11-17(12-10-16)5-4-8-21(24)23(19-13-14-19)15-18-6-2-3-7-20(18)22/h2-3,6-7,9-12,19H,4-5,8,13-15H2,1H3. The molecule has 1 saturated carbocycles. The van der Waals surface area contributed by atoms with Gasteiger partial charge in [0.05, 0.1) is 0 Å². The van der Waals surface area contributed by atoms with Crippen LogP contribution in [-0.2, 0) is 17.8 Å². The molecule has 1 aliphatic carbocycles. The van der Waals surface area contributed by atoms with Crippen molar-refractivity contribution in [3.8, 4) is 0 Å². The Balaban J connectivity index is 1.55. The molecule has 24 heavy (non-hydrogen) atoms. The van der Waals surface area contributed by atoms with E-state index in [0.717, 1.165) is 25.7 Å². The van der Waals surface area contributed by atoms with Crippen LogP contribution in [0.4, 0.5) is 4.39 Å². The van der Waals surface area contributed by atoms with Crippen LogP contribution in [0.15, 0.2) is 48.5 Å². The van der Waals surface area contributed by atoms with Gasteiger partial charge in [0, 0.05) is 24.6 Å². The second kappa shape index (κ2) is 7.61. The summed E-state index contributed by atoms with van der Waals surface area (Å²) in [5.41, 5.74) is 3.12. The van der Waals surface area contributed by atoms with Gasteiger partial charge in [0.1, 0.15) is 5.82 Å². The molecule has 126 valence electrons. The molecule has 0 saturated heterocycles. The lowest BCUT2D eigenvalue weighted by Crippen LogP contribution is -2.32. The molecule has 0 atom stereocenters. The average molecular weight is 325 g/mol. The molecule has 1 aliphatic rings. The summed E-state index contributed by atoms with van der Waals surface area (Å²) in [6.45, 7) is 2.46. The molecule has 0 spiro atoms. The van der Waals surface area contributed by atoms with E-state index in [1.807, 2.05) is 11.0 Å². The van der Waals surface area contributed by atoms with Gasteiger partial charge in [0.2, 0.25) is 5.91 Å². The number of rotatable bonds is 7. The van der Waals surface area contributed by atoms with Gasteiger partial charge in [-0.2, -0.15) is 0 Å². The third-order valence-electron chi connectivity index (χ3n) is 4.58. The fourth-order valence-electron chi connectivity index (χ4n) is 2.96.